The molecule has 3 nitrogen and oxygen atoms in total. The fraction of sp³-hybridized carbons (Fsp3) is 0.438. The highest BCUT2D eigenvalue weighted by Crippen LogP contribution is 2.14. The summed E-state index contributed by atoms with van der Waals surface area (Å²) >= 11 is 1.72. The van der Waals surface area contributed by atoms with E-state index in [1.54, 1.807) is 18.4 Å². The van der Waals surface area contributed by atoms with Crippen LogP contribution in [0.2, 0.25) is 0 Å². The molecule has 1 N–H and O–H groups in total. The summed E-state index contributed by atoms with van der Waals surface area (Å²) in [5.41, 5.74) is 3.61. The van der Waals surface area contributed by atoms with Gasteiger partial charge in [0.05, 0.1) is 16.8 Å². The van der Waals surface area contributed by atoms with Crippen molar-refractivity contribution in [3.05, 3.63) is 45.9 Å². The van der Waals surface area contributed by atoms with Crippen molar-refractivity contribution in [2.75, 3.05) is 19.0 Å². The molecule has 108 valence electrons. The molecular weight excluding hydrogens is 268 g/mol. The van der Waals surface area contributed by atoms with Gasteiger partial charge in [0.2, 0.25) is 0 Å². The molecule has 1 heterocycles. The molecule has 0 radical (unpaired) electrons. The zero-order chi connectivity index (χ0) is 14.4. The number of ether oxygens (including phenoxy) is 1. The van der Waals surface area contributed by atoms with Gasteiger partial charge in [0, 0.05) is 37.6 Å². The summed E-state index contributed by atoms with van der Waals surface area (Å²) in [6.45, 7) is 5.08. The summed E-state index contributed by atoms with van der Waals surface area (Å²) < 4.78 is 5.27. The van der Waals surface area contributed by atoms with E-state index in [4.69, 9.17) is 4.74 Å². The van der Waals surface area contributed by atoms with Gasteiger partial charge in [-0.2, -0.15) is 0 Å². The van der Waals surface area contributed by atoms with Gasteiger partial charge in [-0.3, -0.25) is 0 Å². The van der Waals surface area contributed by atoms with Gasteiger partial charge >= 0.3 is 0 Å². The van der Waals surface area contributed by atoms with Crippen molar-refractivity contribution in [2.45, 2.75) is 32.8 Å². The minimum Gasteiger partial charge on any atom is -0.385 e. The van der Waals surface area contributed by atoms with Crippen LogP contribution in [0.15, 0.2) is 29.6 Å². The molecule has 0 aliphatic rings. The van der Waals surface area contributed by atoms with Crippen molar-refractivity contribution < 1.29 is 4.74 Å². The third-order valence-electron chi connectivity index (χ3n) is 3.23. The third-order valence-corrected chi connectivity index (χ3v) is 4.15. The van der Waals surface area contributed by atoms with E-state index in [9.17, 15) is 0 Å². The highest BCUT2D eigenvalue weighted by atomic mass is 32.1. The lowest BCUT2D eigenvalue weighted by atomic mass is 10.2. The molecule has 2 rings (SSSR count). The molecule has 0 amide bonds. The molecule has 0 saturated heterocycles. The van der Waals surface area contributed by atoms with E-state index in [0.29, 0.717) is 0 Å². The Kier molecular flexibility index (Phi) is 5.56. The van der Waals surface area contributed by atoms with Crippen molar-refractivity contribution in [3.8, 4) is 0 Å². The van der Waals surface area contributed by atoms with E-state index in [2.05, 4.69) is 53.8 Å². The Morgan fingerprint density at radius 3 is 2.75 bits per heavy atom. The molecule has 0 fully saturated rings. The summed E-state index contributed by atoms with van der Waals surface area (Å²) in [7, 11) is 1.74. The van der Waals surface area contributed by atoms with Crippen LogP contribution in [0, 0.1) is 6.92 Å². The second-order valence-electron chi connectivity index (χ2n) is 5.03. The topological polar surface area (TPSA) is 34.1 Å². The molecule has 0 spiro atoms. The number of anilines is 1. The van der Waals surface area contributed by atoms with Crippen molar-refractivity contribution in [1.82, 2.24) is 4.98 Å². The first-order valence-electron chi connectivity index (χ1n) is 6.94. The van der Waals surface area contributed by atoms with Gasteiger partial charge in [0.1, 0.15) is 0 Å². The standard InChI is InChI=1S/C16H22N2OS/c1-12-4-6-14(7-5-12)17-9-8-15-11-20-16(18-15)10-13(2)19-3/h4-7,11,13,17H,8-10H2,1-3H3. The maximum Gasteiger partial charge on any atom is 0.0954 e. The molecule has 0 saturated carbocycles. The predicted octanol–water partition coefficient (Wildman–Crippen LogP) is 3.68. The quantitative estimate of drug-likeness (QED) is 0.844. The van der Waals surface area contributed by atoms with E-state index >= 15 is 0 Å². The SMILES string of the molecule is COC(C)Cc1nc(CCNc2ccc(C)cc2)cs1. The number of hydrogen-bond donors (Lipinski definition) is 1. The van der Waals surface area contributed by atoms with E-state index < -0.39 is 0 Å². The minimum absolute atomic E-state index is 0.236. The van der Waals surface area contributed by atoms with Crippen LogP contribution >= 0.6 is 11.3 Å². The number of nitrogens with zero attached hydrogens (tertiary/aromatic N) is 1. The van der Waals surface area contributed by atoms with Gasteiger partial charge < -0.3 is 10.1 Å². The lowest BCUT2D eigenvalue weighted by molar-refractivity contribution is 0.118. The van der Waals surface area contributed by atoms with Crippen LogP contribution in [0.1, 0.15) is 23.2 Å². The number of aryl methyl sites for hydroxylation is 1. The third kappa shape index (κ3) is 4.62. The Labute approximate surface area is 125 Å². The summed E-state index contributed by atoms with van der Waals surface area (Å²) in [4.78, 5) is 4.64. The van der Waals surface area contributed by atoms with Gasteiger partial charge in [-0.25, -0.2) is 4.98 Å². The first-order valence-corrected chi connectivity index (χ1v) is 7.82. The number of benzene rings is 1. The van der Waals surface area contributed by atoms with Crippen LogP contribution < -0.4 is 5.32 Å². The van der Waals surface area contributed by atoms with Crippen molar-refractivity contribution in [2.24, 2.45) is 0 Å². The van der Waals surface area contributed by atoms with Crippen LogP contribution in [-0.2, 0) is 17.6 Å². The smallest absolute Gasteiger partial charge is 0.0954 e. The molecular formula is C16H22N2OS. The van der Waals surface area contributed by atoms with Crippen LogP contribution in [0.3, 0.4) is 0 Å². The number of hydrogen-bond acceptors (Lipinski definition) is 4. The fourth-order valence-corrected chi connectivity index (χ4v) is 2.84. The minimum atomic E-state index is 0.236. The Morgan fingerprint density at radius 2 is 2.05 bits per heavy atom. The average Bonchev–Trinajstić information content (AvgIpc) is 2.88. The van der Waals surface area contributed by atoms with Gasteiger partial charge in [0.25, 0.3) is 0 Å². The molecule has 1 atom stereocenters. The zero-order valence-electron chi connectivity index (χ0n) is 12.3. The Balaban J connectivity index is 1.78. The predicted molar refractivity (Wildman–Crippen MR) is 85.7 cm³/mol. The maximum absolute atomic E-state index is 5.27. The number of aromatic nitrogens is 1. The molecule has 0 aliphatic heterocycles. The van der Waals surface area contributed by atoms with Crippen molar-refractivity contribution >= 4 is 17.0 Å². The number of nitrogens with one attached hydrogen (secondary N) is 1. The first-order chi connectivity index (χ1) is 9.67. The molecule has 4 heteroatoms. The van der Waals surface area contributed by atoms with Crippen molar-refractivity contribution in [1.29, 1.82) is 0 Å². The molecule has 0 bridgehead atoms. The lowest BCUT2D eigenvalue weighted by Gasteiger charge is -2.06. The first kappa shape index (κ1) is 15.0. The van der Waals surface area contributed by atoms with E-state index in [0.717, 1.165) is 30.1 Å². The van der Waals surface area contributed by atoms with Crippen LogP contribution in [0.25, 0.3) is 0 Å². The van der Waals surface area contributed by atoms with Gasteiger partial charge in [-0.1, -0.05) is 17.7 Å². The van der Waals surface area contributed by atoms with Crippen LogP contribution in [0.5, 0.6) is 0 Å². The second kappa shape index (κ2) is 7.41. The molecule has 2 aromatic rings. The summed E-state index contributed by atoms with van der Waals surface area (Å²) in [5.74, 6) is 0. The zero-order valence-corrected chi connectivity index (χ0v) is 13.2. The molecule has 0 aliphatic carbocycles. The largest absolute Gasteiger partial charge is 0.385 e. The van der Waals surface area contributed by atoms with E-state index in [-0.39, 0.29) is 6.10 Å². The molecule has 20 heavy (non-hydrogen) atoms. The fourth-order valence-electron chi connectivity index (χ4n) is 1.89. The molecule has 1 unspecified atom stereocenters. The van der Waals surface area contributed by atoms with Gasteiger partial charge in [-0.05, 0) is 26.0 Å². The molecule has 1 aromatic heterocycles. The van der Waals surface area contributed by atoms with E-state index in [1.807, 2.05) is 0 Å². The summed E-state index contributed by atoms with van der Waals surface area (Å²) in [5, 5.41) is 6.73. The number of thiazole rings is 1. The Bertz CT molecular complexity index is 522. The number of rotatable bonds is 7. The average molecular weight is 290 g/mol. The Morgan fingerprint density at radius 1 is 1.30 bits per heavy atom. The highest BCUT2D eigenvalue weighted by Gasteiger charge is 2.06. The highest BCUT2D eigenvalue weighted by molar-refractivity contribution is 7.09. The maximum atomic E-state index is 5.27. The van der Waals surface area contributed by atoms with Crippen LogP contribution in [0.4, 0.5) is 5.69 Å². The lowest BCUT2D eigenvalue weighted by Crippen LogP contribution is -2.09. The summed E-state index contributed by atoms with van der Waals surface area (Å²) in [6.07, 6.45) is 2.08. The van der Waals surface area contributed by atoms with Gasteiger partial charge in [-0.15, -0.1) is 11.3 Å². The second-order valence-corrected chi connectivity index (χ2v) is 5.97. The number of methoxy groups -OCH3 is 1. The van der Waals surface area contributed by atoms with E-state index in [1.165, 1.54) is 11.3 Å². The normalized spacial score (nSPS) is 12.3. The van der Waals surface area contributed by atoms with Crippen molar-refractivity contribution in [3.63, 3.8) is 0 Å². The van der Waals surface area contributed by atoms with Gasteiger partial charge in [0.15, 0.2) is 0 Å². The Hall–Kier alpha value is -1.39. The van der Waals surface area contributed by atoms with Crippen LogP contribution in [-0.4, -0.2) is 24.7 Å². The monoisotopic (exact) mass is 290 g/mol. The summed E-state index contributed by atoms with van der Waals surface area (Å²) in [6, 6.07) is 8.47. The molecule has 1 aromatic carbocycles.